The highest BCUT2D eigenvalue weighted by Crippen LogP contribution is 2.33. The standard InChI is InChI=1S/C18H19FO/c1-13-9-16(11-17(19)10-13)18(20-12-14-7-8-14)15-5-3-2-4-6-15/h2-6,9-11,14,18H,7-8,12H2,1H3. The van der Waals surface area contributed by atoms with Crippen molar-refractivity contribution in [3.63, 3.8) is 0 Å². The Balaban J connectivity index is 1.90. The SMILES string of the molecule is Cc1cc(F)cc(C(OCC2CC2)c2ccccc2)c1. The van der Waals surface area contributed by atoms with Gasteiger partial charge in [0.25, 0.3) is 0 Å². The van der Waals surface area contributed by atoms with E-state index in [0.717, 1.165) is 23.3 Å². The van der Waals surface area contributed by atoms with Gasteiger partial charge in [0.05, 0.1) is 6.61 Å². The Kier molecular flexibility index (Phi) is 3.83. The molecule has 1 nitrogen and oxygen atoms in total. The summed E-state index contributed by atoms with van der Waals surface area (Å²) in [5.41, 5.74) is 2.91. The van der Waals surface area contributed by atoms with Gasteiger partial charge in [-0.2, -0.15) is 0 Å². The molecule has 1 saturated carbocycles. The van der Waals surface area contributed by atoms with Gasteiger partial charge in [0.15, 0.2) is 0 Å². The van der Waals surface area contributed by atoms with Crippen LogP contribution in [0.15, 0.2) is 48.5 Å². The molecule has 3 rings (SSSR count). The van der Waals surface area contributed by atoms with Crippen LogP contribution in [-0.4, -0.2) is 6.61 Å². The maximum atomic E-state index is 13.7. The molecule has 0 aromatic heterocycles. The van der Waals surface area contributed by atoms with Crippen molar-refractivity contribution in [3.8, 4) is 0 Å². The van der Waals surface area contributed by atoms with Crippen molar-refractivity contribution in [2.24, 2.45) is 5.92 Å². The van der Waals surface area contributed by atoms with Crippen LogP contribution < -0.4 is 0 Å². The maximum absolute atomic E-state index is 13.7. The first kappa shape index (κ1) is 13.3. The summed E-state index contributed by atoms with van der Waals surface area (Å²) in [5, 5.41) is 0. The first-order valence-electron chi connectivity index (χ1n) is 7.16. The Morgan fingerprint density at radius 3 is 2.50 bits per heavy atom. The second-order valence-corrected chi connectivity index (χ2v) is 5.63. The largest absolute Gasteiger partial charge is 0.368 e. The van der Waals surface area contributed by atoms with E-state index < -0.39 is 0 Å². The summed E-state index contributed by atoms with van der Waals surface area (Å²) in [5.74, 6) is 0.492. The molecule has 20 heavy (non-hydrogen) atoms. The number of halogens is 1. The zero-order valence-corrected chi connectivity index (χ0v) is 11.7. The number of hydrogen-bond acceptors (Lipinski definition) is 1. The molecule has 0 heterocycles. The van der Waals surface area contributed by atoms with E-state index in [4.69, 9.17) is 4.74 Å². The Morgan fingerprint density at radius 1 is 1.10 bits per heavy atom. The monoisotopic (exact) mass is 270 g/mol. The molecule has 0 radical (unpaired) electrons. The van der Waals surface area contributed by atoms with Gasteiger partial charge in [-0.3, -0.25) is 0 Å². The molecule has 104 valence electrons. The van der Waals surface area contributed by atoms with Crippen molar-refractivity contribution in [2.45, 2.75) is 25.9 Å². The molecule has 1 atom stereocenters. The lowest BCUT2D eigenvalue weighted by molar-refractivity contribution is 0.0716. The quantitative estimate of drug-likeness (QED) is 0.768. The van der Waals surface area contributed by atoms with E-state index in [9.17, 15) is 4.39 Å². The Morgan fingerprint density at radius 2 is 1.85 bits per heavy atom. The van der Waals surface area contributed by atoms with Crippen molar-refractivity contribution in [1.29, 1.82) is 0 Å². The van der Waals surface area contributed by atoms with E-state index in [-0.39, 0.29) is 11.9 Å². The van der Waals surface area contributed by atoms with Gasteiger partial charge in [0.1, 0.15) is 11.9 Å². The average molecular weight is 270 g/mol. The number of hydrogen-bond donors (Lipinski definition) is 0. The molecule has 0 bridgehead atoms. The molecule has 2 aromatic carbocycles. The van der Waals surface area contributed by atoms with Crippen LogP contribution in [0.5, 0.6) is 0 Å². The number of rotatable bonds is 5. The molecule has 0 saturated heterocycles. The van der Waals surface area contributed by atoms with Gasteiger partial charge in [-0.25, -0.2) is 4.39 Å². The van der Waals surface area contributed by atoms with Gasteiger partial charge >= 0.3 is 0 Å². The fourth-order valence-electron chi connectivity index (χ4n) is 2.45. The predicted molar refractivity (Wildman–Crippen MR) is 78.1 cm³/mol. The van der Waals surface area contributed by atoms with Crippen molar-refractivity contribution >= 4 is 0 Å². The Bertz CT molecular complexity index is 555. The van der Waals surface area contributed by atoms with E-state index in [0.29, 0.717) is 5.92 Å². The van der Waals surface area contributed by atoms with Crippen LogP contribution in [0.3, 0.4) is 0 Å². The smallest absolute Gasteiger partial charge is 0.123 e. The van der Waals surface area contributed by atoms with Gasteiger partial charge in [-0.05, 0) is 54.5 Å². The summed E-state index contributed by atoms with van der Waals surface area (Å²) < 4.78 is 19.7. The predicted octanol–water partition coefficient (Wildman–Crippen LogP) is 4.65. The molecule has 2 aromatic rings. The summed E-state index contributed by atoms with van der Waals surface area (Å²) in [6, 6.07) is 15.2. The molecule has 0 amide bonds. The number of ether oxygens (including phenoxy) is 1. The van der Waals surface area contributed by atoms with Gasteiger partial charge in [-0.1, -0.05) is 36.4 Å². The molecule has 1 fully saturated rings. The van der Waals surface area contributed by atoms with Crippen LogP contribution in [0.1, 0.15) is 35.6 Å². The highest BCUT2D eigenvalue weighted by atomic mass is 19.1. The summed E-state index contributed by atoms with van der Waals surface area (Å²) in [4.78, 5) is 0. The fraction of sp³-hybridized carbons (Fsp3) is 0.333. The Hall–Kier alpha value is -1.67. The molecular weight excluding hydrogens is 251 g/mol. The van der Waals surface area contributed by atoms with Gasteiger partial charge in [0.2, 0.25) is 0 Å². The lowest BCUT2D eigenvalue weighted by Crippen LogP contribution is -2.09. The fourth-order valence-corrected chi connectivity index (χ4v) is 2.45. The lowest BCUT2D eigenvalue weighted by atomic mass is 9.99. The van der Waals surface area contributed by atoms with Crippen LogP contribution >= 0.6 is 0 Å². The first-order valence-corrected chi connectivity index (χ1v) is 7.16. The highest BCUT2D eigenvalue weighted by Gasteiger charge is 2.24. The second-order valence-electron chi connectivity index (χ2n) is 5.63. The molecule has 1 aliphatic rings. The van der Waals surface area contributed by atoms with Crippen LogP contribution in [0.25, 0.3) is 0 Å². The van der Waals surface area contributed by atoms with Crippen molar-refractivity contribution in [1.82, 2.24) is 0 Å². The minimum absolute atomic E-state index is 0.175. The molecule has 0 aliphatic heterocycles. The highest BCUT2D eigenvalue weighted by molar-refractivity contribution is 5.33. The third kappa shape index (κ3) is 3.26. The lowest BCUT2D eigenvalue weighted by Gasteiger charge is -2.19. The third-order valence-electron chi connectivity index (χ3n) is 3.67. The summed E-state index contributed by atoms with van der Waals surface area (Å²) in [7, 11) is 0. The summed E-state index contributed by atoms with van der Waals surface area (Å²) >= 11 is 0. The third-order valence-corrected chi connectivity index (χ3v) is 3.67. The van der Waals surface area contributed by atoms with Crippen LogP contribution in [0, 0.1) is 18.7 Å². The zero-order chi connectivity index (χ0) is 13.9. The van der Waals surface area contributed by atoms with Gasteiger partial charge in [0, 0.05) is 0 Å². The van der Waals surface area contributed by atoms with E-state index in [2.05, 4.69) is 0 Å². The summed E-state index contributed by atoms with van der Waals surface area (Å²) in [6.45, 7) is 2.67. The maximum Gasteiger partial charge on any atom is 0.123 e. The average Bonchev–Trinajstić information content (AvgIpc) is 3.23. The van der Waals surface area contributed by atoms with Crippen molar-refractivity contribution in [2.75, 3.05) is 6.61 Å². The van der Waals surface area contributed by atoms with E-state index in [1.54, 1.807) is 12.1 Å². The number of aryl methyl sites for hydroxylation is 1. The minimum atomic E-state index is -0.198. The molecule has 0 N–H and O–H groups in total. The van der Waals surface area contributed by atoms with Crippen molar-refractivity contribution < 1.29 is 9.13 Å². The molecule has 0 spiro atoms. The molecular formula is C18H19FO. The summed E-state index contributed by atoms with van der Waals surface area (Å²) in [6.07, 6.45) is 2.33. The molecule has 2 heteroatoms. The normalized spacial score (nSPS) is 16.1. The van der Waals surface area contributed by atoms with E-state index >= 15 is 0 Å². The van der Waals surface area contributed by atoms with Crippen molar-refractivity contribution in [3.05, 3.63) is 71.0 Å². The van der Waals surface area contributed by atoms with Crippen LogP contribution in [0.2, 0.25) is 0 Å². The van der Waals surface area contributed by atoms with Gasteiger partial charge < -0.3 is 4.74 Å². The van der Waals surface area contributed by atoms with Gasteiger partial charge in [-0.15, -0.1) is 0 Å². The zero-order valence-electron chi connectivity index (χ0n) is 11.7. The van der Waals surface area contributed by atoms with E-state index in [1.165, 1.54) is 12.8 Å². The van der Waals surface area contributed by atoms with Crippen LogP contribution in [0.4, 0.5) is 4.39 Å². The second kappa shape index (κ2) is 5.76. The van der Waals surface area contributed by atoms with Crippen LogP contribution in [-0.2, 0) is 4.74 Å². The number of benzene rings is 2. The topological polar surface area (TPSA) is 9.23 Å². The molecule has 1 aliphatic carbocycles. The molecule has 1 unspecified atom stereocenters. The first-order chi connectivity index (χ1) is 9.72. The Labute approximate surface area is 119 Å². The van der Waals surface area contributed by atoms with E-state index in [1.807, 2.05) is 43.3 Å². The minimum Gasteiger partial charge on any atom is -0.368 e.